The van der Waals surface area contributed by atoms with E-state index in [-0.39, 0.29) is 0 Å². The zero-order valence-electron chi connectivity index (χ0n) is 9.46. The monoisotopic (exact) mass is 224 g/mol. The van der Waals surface area contributed by atoms with Gasteiger partial charge in [0.25, 0.3) is 0 Å². The van der Waals surface area contributed by atoms with E-state index in [2.05, 4.69) is 9.97 Å². The van der Waals surface area contributed by atoms with Crippen LogP contribution in [-0.4, -0.2) is 14.5 Å². The molecular formula is C13H12N4. The van der Waals surface area contributed by atoms with Gasteiger partial charge in [-0.15, -0.1) is 0 Å². The second-order valence-corrected chi connectivity index (χ2v) is 3.92. The third kappa shape index (κ3) is 1.45. The maximum absolute atomic E-state index is 5.95. The summed E-state index contributed by atoms with van der Waals surface area (Å²) in [5.41, 5.74) is 8.60. The first-order valence-electron chi connectivity index (χ1n) is 5.41. The number of nitrogens with zero attached hydrogens (tertiary/aromatic N) is 3. The molecule has 0 aliphatic heterocycles. The molecule has 0 fully saturated rings. The minimum atomic E-state index is 0.745. The molecule has 3 aromatic rings. The van der Waals surface area contributed by atoms with E-state index in [1.165, 1.54) is 0 Å². The van der Waals surface area contributed by atoms with Crippen LogP contribution in [0.5, 0.6) is 0 Å². The fourth-order valence-corrected chi connectivity index (χ4v) is 2.01. The van der Waals surface area contributed by atoms with Crippen LogP contribution in [-0.2, 0) is 0 Å². The predicted octanol–water partition coefficient (Wildman–Crippen LogP) is 2.31. The van der Waals surface area contributed by atoms with Gasteiger partial charge in [0.2, 0.25) is 0 Å². The van der Waals surface area contributed by atoms with Crippen molar-refractivity contribution < 1.29 is 0 Å². The lowest BCUT2D eigenvalue weighted by molar-refractivity contribution is 0.979. The Bertz CT molecular complexity index is 685. The van der Waals surface area contributed by atoms with E-state index in [4.69, 9.17) is 5.73 Å². The zero-order valence-corrected chi connectivity index (χ0v) is 9.46. The molecule has 0 spiro atoms. The van der Waals surface area contributed by atoms with Crippen molar-refractivity contribution in [2.75, 3.05) is 5.73 Å². The number of rotatable bonds is 1. The Morgan fingerprint density at radius 3 is 2.76 bits per heavy atom. The third-order valence-corrected chi connectivity index (χ3v) is 2.87. The molecule has 0 atom stereocenters. The van der Waals surface area contributed by atoms with Crippen molar-refractivity contribution >= 4 is 16.6 Å². The second-order valence-electron chi connectivity index (χ2n) is 3.92. The Kier molecular flexibility index (Phi) is 2.08. The number of anilines is 1. The summed E-state index contributed by atoms with van der Waals surface area (Å²) in [4.78, 5) is 8.64. The summed E-state index contributed by atoms with van der Waals surface area (Å²) in [6.07, 6.45) is 5.48. The SMILES string of the molecule is Cc1nccn1-c1ccc(N)c2cccnc12. The first-order valence-corrected chi connectivity index (χ1v) is 5.41. The molecule has 84 valence electrons. The Morgan fingerprint density at radius 2 is 2.00 bits per heavy atom. The standard InChI is InChI=1S/C13H12N4/c1-9-15-7-8-17(9)12-5-4-11(14)10-3-2-6-16-13(10)12/h2-8H,14H2,1H3. The van der Waals surface area contributed by atoms with Gasteiger partial charge in [-0.3, -0.25) is 4.98 Å². The van der Waals surface area contributed by atoms with Gasteiger partial charge in [-0.1, -0.05) is 0 Å². The van der Waals surface area contributed by atoms with Gasteiger partial charge in [0.1, 0.15) is 5.82 Å². The quantitative estimate of drug-likeness (QED) is 0.645. The highest BCUT2D eigenvalue weighted by molar-refractivity contribution is 5.95. The molecule has 4 heteroatoms. The molecule has 0 radical (unpaired) electrons. The number of fused-ring (bicyclic) bond motifs is 1. The van der Waals surface area contributed by atoms with Crippen LogP contribution in [0.2, 0.25) is 0 Å². The van der Waals surface area contributed by atoms with Gasteiger partial charge < -0.3 is 10.3 Å². The fourth-order valence-electron chi connectivity index (χ4n) is 2.01. The Labute approximate surface area is 98.7 Å². The van der Waals surface area contributed by atoms with Gasteiger partial charge in [-0.25, -0.2) is 4.98 Å². The highest BCUT2D eigenvalue weighted by atomic mass is 15.1. The average molecular weight is 224 g/mol. The molecule has 0 aliphatic carbocycles. The van der Waals surface area contributed by atoms with E-state index in [1.807, 2.05) is 42.0 Å². The zero-order chi connectivity index (χ0) is 11.8. The molecule has 0 saturated carbocycles. The summed E-state index contributed by atoms with van der Waals surface area (Å²) in [6, 6.07) is 7.74. The van der Waals surface area contributed by atoms with Crippen molar-refractivity contribution in [1.82, 2.24) is 14.5 Å². The number of nitrogens with two attached hydrogens (primary N) is 1. The van der Waals surface area contributed by atoms with Gasteiger partial charge in [0, 0.05) is 29.7 Å². The minimum absolute atomic E-state index is 0.745. The molecule has 2 aromatic heterocycles. The summed E-state index contributed by atoms with van der Waals surface area (Å²) >= 11 is 0. The van der Waals surface area contributed by atoms with Crippen LogP contribution in [0, 0.1) is 6.92 Å². The van der Waals surface area contributed by atoms with Crippen molar-refractivity contribution in [3.05, 3.63) is 48.7 Å². The number of nitrogen functional groups attached to an aromatic ring is 1. The molecule has 0 bridgehead atoms. The van der Waals surface area contributed by atoms with Crippen LogP contribution in [0.25, 0.3) is 16.6 Å². The number of pyridine rings is 1. The van der Waals surface area contributed by atoms with E-state index in [9.17, 15) is 0 Å². The molecule has 4 nitrogen and oxygen atoms in total. The van der Waals surface area contributed by atoms with Crippen molar-refractivity contribution in [3.63, 3.8) is 0 Å². The summed E-state index contributed by atoms with van der Waals surface area (Å²) in [6.45, 7) is 1.96. The Balaban J connectivity index is 2.39. The van der Waals surface area contributed by atoms with Crippen LogP contribution >= 0.6 is 0 Å². The van der Waals surface area contributed by atoms with Gasteiger partial charge in [0.05, 0.1) is 11.2 Å². The second kappa shape index (κ2) is 3.59. The summed E-state index contributed by atoms with van der Waals surface area (Å²) in [5.74, 6) is 0.932. The number of hydrogen-bond acceptors (Lipinski definition) is 3. The minimum Gasteiger partial charge on any atom is -0.398 e. The highest BCUT2D eigenvalue weighted by Crippen LogP contribution is 2.25. The number of aryl methyl sites for hydroxylation is 1. The molecule has 1 aromatic carbocycles. The smallest absolute Gasteiger partial charge is 0.110 e. The summed E-state index contributed by atoms with van der Waals surface area (Å²) in [7, 11) is 0. The van der Waals surface area contributed by atoms with E-state index < -0.39 is 0 Å². The van der Waals surface area contributed by atoms with Crippen molar-refractivity contribution in [1.29, 1.82) is 0 Å². The molecule has 2 N–H and O–H groups in total. The molecule has 17 heavy (non-hydrogen) atoms. The average Bonchev–Trinajstić information content (AvgIpc) is 2.77. The van der Waals surface area contributed by atoms with Gasteiger partial charge in [-0.2, -0.15) is 0 Å². The lowest BCUT2D eigenvalue weighted by Crippen LogP contribution is -1.99. The Hall–Kier alpha value is -2.36. The van der Waals surface area contributed by atoms with Gasteiger partial charge >= 0.3 is 0 Å². The van der Waals surface area contributed by atoms with Crippen LogP contribution in [0.15, 0.2) is 42.9 Å². The van der Waals surface area contributed by atoms with Crippen molar-refractivity contribution in [2.45, 2.75) is 6.92 Å². The number of aromatic nitrogens is 3. The first-order chi connectivity index (χ1) is 8.27. The normalized spacial score (nSPS) is 10.9. The number of hydrogen-bond donors (Lipinski definition) is 1. The molecular weight excluding hydrogens is 212 g/mol. The lowest BCUT2D eigenvalue weighted by atomic mass is 10.1. The molecule has 0 amide bonds. The summed E-state index contributed by atoms with van der Waals surface area (Å²) < 4.78 is 2.01. The summed E-state index contributed by atoms with van der Waals surface area (Å²) in [5, 5.41) is 0.970. The molecule has 0 unspecified atom stereocenters. The number of benzene rings is 1. The molecule has 0 aliphatic rings. The Morgan fingerprint density at radius 1 is 1.12 bits per heavy atom. The van der Waals surface area contributed by atoms with Crippen LogP contribution in [0.1, 0.15) is 5.82 Å². The predicted molar refractivity (Wildman–Crippen MR) is 68.0 cm³/mol. The fraction of sp³-hybridized carbons (Fsp3) is 0.0769. The maximum Gasteiger partial charge on any atom is 0.110 e. The maximum atomic E-state index is 5.95. The largest absolute Gasteiger partial charge is 0.398 e. The van der Waals surface area contributed by atoms with Crippen LogP contribution in [0.4, 0.5) is 5.69 Å². The topological polar surface area (TPSA) is 56.7 Å². The molecule has 2 heterocycles. The van der Waals surface area contributed by atoms with E-state index >= 15 is 0 Å². The highest BCUT2D eigenvalue weighted by Gasteiger charge is 2.08. The van der Waals surface area contributed by atoms with E-state index in [1.54, 1.807) is 12.4 Å². The van der Waals surface area contributed by atoms with Crippen LogP contribution in [0.3, 0.4) is 0 Å². The number of imidazole rings is 1. The van der Waals surface area contributed by atoms with E-state index in [0.29, 0.717) is 0 Å². The third-order valence-electron chi connectivity index (χ3n) is 2.87. The van der Waals surface area contributed by atoms with Gasteiger partial charge in [-0.05, 0) is 31.2 Å². The molecule has 0 saturated heterocycles. The van der Waals surface area contributed by atoms with E-state index in [0.717, 1.165) is 28.1 Å². The molecule has 3 rings (SSSR count). The van der Waals surface area contributed by atoms with Crippen LogP contribution < -0.4 is 5.73 Å². The van der Waals surface area contributed by atoms with Crippen molar-refractivity contribution in [2.24, 2.45) is 0 Å². The lowest BCUT2D eigenvalue weighted by Gasteiger charge is -2.09. The first kappa shape index (κ1) is 9.84. The van der Waals surface area contributed by atoms with Gasteiger partial charge in [0.15, 0.2) is 0 Å². The van der Waals surface area contributed by atoms with Crippen molar-refractivity contribution in [3.8, 4) is 5.69 Å².